The normalized spacial score (nSPS) is 21.2. The number of halogens is 2. The second kappa shape index (κ2) is 9.65. The number of fused-ring (bicyclic) bond motifs is 3. The van der Waals surface area contributed by atoms with Crippen LogP contribution in [0.5, 0.6) is 11.5 Å². The van der Waals surface area contributed by atoms with Gasteiger partial charge in [-0.15, -0.1) is 10.1 Å². The predicted octanol–water partition coefficient (Wildman–Crippen LogP) is 6.08. The van der Waals surface area contributed by atoms with Crippen molar-refractivity contribution in [3.05, 3.63) is 45.0 Å². The molecular weight excluding hydrogens is 436 g/mol. The summed E-state index contributed by atoms with van der Waals surface area (Å²) >= 11 is 0. The first-order valence-corrected chi connectivity index (χ1v) is 11.3. The first-order chi connectivity index (χ1) is 15.4. The number of nitrogens with zero attached hydrogens (tertiary/aromatic N) is 1. The van der Waals surface area contributed by atoms with Crippen LogP contribution in [-0.2, 0) is 15.6 Å². The minimum absolute atomic E-state index is 0.0647. The summed E-state index contributed by atoms with van der Waals surface area (Å²) in [6, 6.07) is 2.62. The van der Waals surface area contributed by atoms with Crippen molar-refractivity contribution in [3.63, 3.8) is 0 Å². The number of hydrogen-bond acceptors (Lipinski definition) is 6. The molecule has 2 aliphatic rings. The van der Waals surface area contributed by atoms with Gasteiger partial charge in [0, 0.05) is 35.8 Å². The highest BCUT2D eigenvalue weighted by atomic mass is 19.3. The molecule has 182 valence electrons. The number of carbonyl (C=O) groups excluding carboxylic acids is 1. The van der Waals surface area contributed by atoms with Crippen LogP contribution in [-0.4, -0.2) is 23.3 Å². The largest absolute Gasteiger partial charge is 0.487 e. The van der Waals surface area contributed by atoms with E-state index in [0.29, 0.717) is 11.3 Å². The molecule has 1 aromatic carbocycles. The summed E-state index contributed by atoms with van der Waals surface area (Å²) in [4.78, 5) is 27.0. The highest BCUT2D eigenvalue weighted by Crippen LogP contribution is 2.54. The molecule has 9 heteroatoms. The summed E-state index contributed by atoms with van der Waals surface area (Å²) in [6.07, 6.45) is 3.78. The number of esters is 1. The van der Waals surface area contributed by atoms with Gasteiger partial charge in [-0.25, -0.2) is 8.78 Å². The molecule has 7 nitrogen and oxygen atoms in total. The number of allylic oxidation sites excluding steroid dienone is 2. The maximum absolute atomic E-state index is 14.9. The van der Waals surface area contributed by atoms with Crippen molar-refractivity contribution in [2.45, 2.75) is 83.7 Å². The Morgan fingerprint density at radius 2 is 2.09 bits per heavy atom. The molecule has 0 unspecified atom stereocenters. The fourth-order valence-corrected chi connectivity index (χ4v) is 4.79. The van der Waals surface area contributed by atoms with E-state index >= 15 is 0 Å². The van der Waals surface area contributed by atoms with Gasteiger partial charge in [0.05, 0.1) is 6.61 Å². The summed E-state index contributed by atoms with van der Waals surface area (Å²) < 4.78 is 41.6. The van der Waals surface area contributed by atoms with Gasteiger partial charge in [-0.1, -0.05) is 25.0 Å². The molecule has 0 saturated carbocycles. The average Bonchev–Trinajstić information content (AvgIpc) is 2.70. The molecular formula is C24H31F2NO6. The summed E-state index contributed by atoms with van der Waals surface area (Å²) in [6.45, 7) is 7.38. The number of benzene rings is 1. The fourth-order valence-electron chi connectivity index (χ4n) is 4.79. The lowest BCUT2D eigenvalue weighted by molar-refractivity contribution is -0.757. The molecule has 0 saturated heterocycles. The molecule has 33 heavy (non-hydrogen) atoms. The topological polar surface area (TPSA) is 87.9 Å². The zero-order valence-corrected chi connectivity index (χ0v) is 19.5. The van der Waals surface area contributed by atoms with E-state index in [1.807, 2.05) is 20.8 Å². The summed E-state index contributed by atoms with van der Waals surface area (Å²) in [7, 11) is 0. The Morgan fingerprint density at radius 3 is 2.76 bits per heavy atom. The Balaban J connectivity index is 2.01. The van der Waals surface area contributed by atoms with Crippen LogP contribution in [0.4, 0.5) is 8.78 Å². The maximum atomic E-state index is 14.9. The quantitative estimate of drug-likeness (QED) is 0.109. The van der Waals surface area contributed by atoms with Gasteiger partial charge < -0.3 is 14.3 Å². The third-order valence-electron chi connectivity index (χ3n) is 6.38. The van der Waals surface area contributed by atoms with E-state index in [1.54, 1.807) is 6.92 Å². The number of ether oxygens (including phenoxy) is 2. The van der Waals surface area contributed by atoms with Crippen molar-refractivity contribution >= 4 is 5.97 Å². The van der Waals surface area contributed by atoms with Crippen LogP contribution in [0.2, 0.25) is 0 Å². The molecule has 0 fully saturated rings. The van der Waals surface area contributed by atoms with Gasteiger partial charge in [-0.3, -0.25) is 4.79 Å². The SMILES string of the molecule is CCCC(F)(F)c1cc(OC(=O)CCCO[N+](=O)[O-])c2c(c1)OC(C)(C)[C@@H]1CCC(C)=C[C@@H]21. The minimum atomic E-state index is -3.10. The number of carbonyl (C=O) groups is 1. The minimum Gasteiger partial charge on any atom is -0.487 e. The van der Waals surface area contributed by atoms with Gasteiger partial charge in [-0.05, 0) is 52.2 Å². The third-order valence-corrected chi connectivity index (χ3v) is 6.38. The van der Waals surface area contributed by atoms with Gasteiger partial charge in [0.2, 0.25) is 0 Å². The van der Waals surface area contributed by atoms with Crippen LogP contribution >= 0.6 is 0 Å². The molecule has 0 bridgehead atoms. The van der Waals surface area contributed by atoms with E-state index in [9.17, 15) is 23.7 Å². The van der Waals surface area contributed by atoms with E-state index in [1.165, 1.54) is 17.7 Å². The first-order valence-electron chi connectivity index (χ1n) is 11.3. The molecule has 3 rings (SSSR count). The van der Waals surface area contributed by atoms with E-state index in [-0.39, 0.29) is 55.4 Å². The Labute approximate surface area is 192 Å². The van der Waals surface area contributed by atoms with Gasteiger partial charge in [0.1, 0.15) is 17.1 Å². The highest BCUT2D eigenvalue weighted by Gasteiger charge is 2.46. The molecule has 2 atom stereocenters. The monoisotopic (exact) mass is 467 g/mol. The Bertz CT molecular complexity index is 943. The van der Waals surface area contributed by atoms with Crippen molar-refractivity contribution in [2.75, 3.05) is 6.61 Å². The van der Waals surface area contributed by atoms with Crippen molar-refractivity contribution < 1.29 is 33.0 Å². The van der Waals surface area contributed by atoms with Gasteiger partial charge in [0.25, 0.3) is 11.0 Å². The van der Waals surface area contributed by atoms with E-state index in [4.69, 9.17) is 9.47 Å². The maximum Gasteiger partial charge on any atom is 0.311 e. The summed E-state index contributed by atoms with van der Waals surface area (Å²) in [5, 5.41) is 9.34. The molecule has 0 aromatic heterocycles. The molecule has 1 heterocycles. The van der Waals surface area contributed by atoms with Crippen LogP contribution in [0.15, 0.2) is 23.8 Å². The van der Waals surface area contributed by atoms with Crippen molar-refractivity contribution in [3.8, 4) is 11.5 Å². The lowest BCUT2D eigenvalue weighted by Gasteiger charge is -2.46. The lowest BCUT2D eigenvalue weighted by Crippen LogP contribution is -2.45. The second-order valence-electron chi connectivity index (χ2n) is 9.36. The second-order valence-corrected chi connectivity index (χ2v) is 9.36. The standard InChI is InChI=1S/C24H31F2NO6/c1-5-10-24(25,26)16-13-19(32-21(28)7-6-11-31-27(29)30)22-17-12-15(2)8-9-18(17)23(3,4)33-20(22)14-16/h12-14,17-18H,5-11H2,1-4H3/t17-,18-/m1/s1. The Kier molecular flexibility index (Phi) is 7.29. The molecule has 1 aliphatic heterocycles. The zero-order valence-electron chi connectivity index (χ0n) is 19.5. The van der Waals surface area contributed by atoms with E-state index in [0.717, 1.165) is 12.8 Å². The molecule has 0 N–H and O–H groups in total. The van der Waals surface area contributed by atoms with E-state index < -0.39 is 22.6 Å². The Morgan fingerprint density at radius 1 is 1.36 bits per heavy atom. The van der Waals surface area contributed by atoms with Crippen LogP contribution < -0.4 is 9.47 Å². The fraction of sp³-hybridized carbons (Fsp3) is 0.625. The lowest BCUT2D eigenvalue weighted by atomic mass is 9.68. The Hall–Kier alpha value is -2.71. The molecule has 1 aromatic rings. The predicted molar refractivity (Wildman–Crippen MR) is 117 cm³/mol. The first kappa shape index (κ1) is 24.9. The average molecular weight is 468 g/mol. The van der Waals surface area contributed by atoms with Crippen LogP contribution in [0, 0.1) is 16.0 Å². The van der Waals surface area contributed by atoms with Gasteiger partial charge >= 0.3 is 5.97 Å². The molecule has 1 aliphatic carbocycles. The van der Waals surface area contributed by atoms with E-state index in [2.05, 4.69) is 10.9 Å². The molecule has 0 amide bonds. The van der Waals surface area contributed by atoms with Crippen LogP contribution in [0.1, 0.15) is 83.3 Å². The summed E-state index contributed by atoms with van der Waals surface area (Å²) in [5.41, 5.74) is 0.960. The highest BCUT2D eigenvalue weighted by molar-refractivity contribution is 5.74. The zero-order chi connectivity index (χ0) is 24.4. The number of hydrogen-bond donors (Lipinski definition) is 0. The number of rotatable bonds is 9. The van der Waals surface area contributed by atoms with Crippen molar-refractivity contribution in [2.24, 2.45) is 5.92 Å². The van der Waals surface area contributed by atoms with Crippen LogP contribution in [0.3, 0.4) is 0 Å². The third kappa shape index (κ3) is 5.62. The van der Waals surface area contributed by atoms with Crippen LogP contribution in [0.25, 0.3) is 0 Å². The molecule has 0 radical (unpaired) electrons. The smallest absolute Gasteiger partial charge is 0.311 e. The van der Waals surface area contributed by atoms with Crippen molar-refractivity contribution in [1.29, 1.82) is 0 Å². The van der Waals surface area contributed by atoms with Gasteiger partial charge in [0.15, 0.2) is 0 Å². The molecule has 0 spiro atoms. The summed E-state index contributed by atoms with van der Waals surface area (Å²) in [5.74, 6) is -3.44. The number of alkyl halides is 2. The van der Waals surface area contributed by atoms with Crippen molar-refractivity contribution in [1.82, 2.24) is 0 Å². The van der Waals surface area contributed by atoms with Gasteiger partial charge in [-0.2, -0.15) is 0 Å².